The number of hydrogen-bond acceptors (Lipinski definition) is 3. The number of ether oxygens (including phenoxy) is 1. The highest BCUT2D eigenvalue weighted by atomic mass is 19.1. The van der Waals surface area contributed by atoms with Crippen molar-refractivity contribution >= 4 is 22.7 Å². The van der Waals surface area contributed by atoms with Gasteiger partial charge in [-0.05, 0) is 60.0 Å². The molecule has 0 radical (unpaired) electrons. The number of hydrogen-bond donors (Lipinski definition) is 1. The Morgan fingerprint density at radius 2 is 1.54 bits per heavy atom. The molecule has 2 amide bonds. The summed E-state index contributed by atoms with van der Waals surface area (Å²) in [7, 11) is 1.52. The fraction of sp³-hybridized carbons (Fsp3) is 0.241. The molecule has 4 aromatic rings. The number of para-hydroxylation sites is 1. The molecule has 0 spiro atoms. The van der Waals surface area contributed by atoms with Gasteiger partial charge in [0.05, 0.1) is 6.61 Å². The highest BCUT2D eigenvalue weighted by Gasteiger charge is 2.23. The zero-order chi connectivity index (χ0) is 26.2. The summed E-state index contributed by atoms with van der Waals surface area (Å²) in [4.78, 5) is 33.0. The number of amides is 2. The Hall–Kier alpha value is -4.04. The first kappa shape index (κ1) is 26.0. The van der Waals surface area contributed by atoms with Gasteiger partial charge in [0.25, 0.3) is 5.91 Å². The Bertz CT molecular complexity index is 1340. The Kier molecular flexibility index (Phi) is 8.64. The van der Waals surface area contributed by atoms with Gasteiger partial charge in [0.1, 0.15) is 18.2 Å². The van der Waals surface area contributed by atoms with Gasteiger partial charge in [-0.25, -0.2) is 8.78 Å². The standard InChI is InChI=1S/C29H29F2N3O3/c1-37-17-16-34(29(36)22-8-12-25(31)13-9-22)20-28(35)33(19-21-6-10-24(30)11-7-21)15-14-23-18-32-27-5-3-2-4-26(23)27/h2-13,18,32H,14-17,19-20H2,1H3. The number of nitrogens with zero attached hydrogens (tertiary/aromatic N) is 2. The molecule has 37 heavy (non-hydrogen) atoms. The predicted octanol–water partition coefficient (Wildman–Crippen LogP) is 4.81. The molecule has 0 saturated carbocycles. The third-order valence-corrected chi connectivity index (χ3v) is 6.24. The second-order valence-electron chi connectivity index (χ2n) is 8.78. The Morgan fingerprint density at radius 1 is 0.865 bits per heavy atom. The lowest BCUT2D eigenvalue weighted by molar-refractivity contribution is -0.132. The van der Waals surface area contributed by atoms with E-state index in [9.17, 15) is 18.4 Å². The highest BCUT2D eigenvalue weighted by molar-refractivity contribution is 5.96. The lowest BCUT2D eigenvalue weighted by Crippen LogP contribution is -2.44. The number of H-pyrrole nitrogens is 1. The Balaban J connectivity index is 1.53. The van der Waals surface area contributed by atoms with Crippen LogP contribution in [0.15, 0.2) is 79.0 Å². The second kappa shape index (κ2) is 12.3. The van der Waals surface area contributed by atoms with E-state index in [2.05, 4.69) is 4.98 Å². The van der Waals surface area contributed by atoms with E-state index in [0.29, 0.717) is 13.0 Å². The molecule has 0 aliphatic heterocycles. The van der Waals surface area contributed by atoms with Crippen molar-refractivity contribution in [2.45, 2.75) is 13.0 Å². The van der Waals surface area contributed by atoms with Crippen LogP contribution >= 0.6 is 0 Å². The molecule has 0 unspecified atom stereocenters. The van der Waals surface area contributed by atoms with E-state index < -0.39 is 5.82 Å². The predicted molar refractivity (Wildman–Crippen MR) is 138 cm³/mol. The monoisotopic (exact) mass is 505 g/mol. The molecule has 0 aliphatic carbocycles. The van der Waals surface area contributed by atoms with Crippen molar-refractivity contribution in [2.24, 2.45) is 0 Å². The molecular formula is C29H29F2N3O3. The SMILES string of the molecule is COCCN(CC(=O)N(CCc1c[nH]c2ccccc12)Cc1ccc(F)cc1)C(=O)c1ccc(F)cc1. The van der Waals surface area contributed by atoms with Crippen molar-refractivity contribution in [2.75, 3.05) is 33.4 Å². The number of nitrogens with one attached hydrogen (secondary N) is 1. The molecule has 6 nitrogen and oxygen atoms in total. The summed E-state index contributed by atoms with van der Waals surface area (Å²) in [5.41, 5.74) is 3.16. The minimum Gasteiger partial charge on any atom is -0.383 e. The van der Waals surface area contributed by atoms with Gasteiger partial charge in [0, 0.05) is 49.4 Å². The van der Waals surface area contributed by atoms with Gasteiger partial charge in [-0.2, -0.15) is 0 Å². The zero-order valence-corrected chi connectivity index (χ0v) is 20.6. The molecular weight excluding hydrogens is 476 g/mol. The van der Waals surface area contributed by atoms with Crippen LogP contribution in [0.1, 0.15) is 21.5 Å². The quantitative estimate of drug-likeness (QED) is 0.318. The smallest absolute Gasteiger partial charge is 0.254 e. The zero-order valence-electron chi connectivity index (χ0n) is 20.6. The summed E-state index contributed by atoms with van der Waals surface area (Å²) in [6, 6.07) is 19.2. The first-order valence-electron chi connectivity index (χ1n) is 12.1. The average Bonchev–Trinajstić information content (AvgIpc) is 3.33. The number of carbonyl (C=O) groups excluding carboxylic acids is 2. The molecule has 0 bridgehead atoms. The number of aromatic nitrogens is 1. The molecule has 0 saturated heterocycles. The molecule has 0 aliphatic rings. The number of fused-ring (bicyclic) bond motifs is 1. The van der Waals surface area contributed by atoms with Crippen LogP contribution in [-0.2, 0) is 22.5 Å². The van der Waals surface area contributed by atoms with E-state index in [-0.39, 0.29) is 49.4 Å². The fourth-order valence-corrected chi connectivity index (χ4v) is 4.19. The van der Waals surface area contributed by atoms with Gasteiger partial charge >= 0.3 is 0 Å². The maximum absolute atomic E-state index is 13.6. The summed E-state index contributed by atoms with van der Waals surface area (Å²) < 4.78 is 32.0. The summed E-state index contributed by atoms with van der Waals surface area (Å²) in [6.07, 6.45) is 2.54. The minimum atomic E-state index is -0.446. The van der Waals surface area contributed by atoms with Crippen LogP contribution in [0.25, 0.3) is 10.9 Å². The number of aromatic amines is 1. The van der Waals surface area contributed by atoms with Crippen molar-refractivity contribution in [3.63, 3.8) is 0 Å². The van der Waals surface area contributed by atoms with E-state index >= 15 is 0 Å². The van der Waals surface area contributed by atoms with Gasteiger partial charge in [0.2, 0.25) is 5.91 Å². The molecule has 192 valence electrons. The van der Waals surface area contributed by atoms with Gasteiger partial charge in [-0.15, -0.1) is 0 Å². The lowest BCUT2D eigenvalue weighted by atomic mass is 10.1. The molecule has 4 rings (SSSR count). The summed E-state index contributed by atoms with van der Waals surface area (Å²) in [5, 5.41) is 1.09. The number of benzene rings is 3. The summed E-state index contributed by atoms with van der Waals surface area (Å²) >= 11 is 0. The van der Waals surface area contributed by atoms with E-state index in [1.165, 1.54) is 48.4 Å². The summed E-state index contributed by atoms with van der Waals surface area (Å²) in [6.45, 7) is 0.943. The molecule has 8 heteroatoms. The van der Waals surface area contributed by atoms with Gasteiger partial charge in [-0.3, -0.25) is 9.59 Å². The second-order valence-corrected chi connectivity index (χ2v) is 8.78. The largest absolute Gasteiger partial charge is 0.383 e. The van der Waals surface area contributed by atoms with Gasteiger partial charge in [0.15, 0.2) is 0 Å². The van der Waals surface area contributed by atoms with E-state index in [1.807, 2.05) is 30.5 Å². The van der Waals surface area contributed by atoms with E-state index in [1.54, 1.807) is 17.0 Å². The first-order valence-corrected chi connectivity index (χ1v) is 12.1. The van der Waals surface area contributed by atoms with Crippen LogP contribution in [0, 0.1) is 11.6 Å². The van der Waals surface area contributed by atoms with Crippen LogP contribution < -0.4 is 0 Å². The van der Waals surface area contributed by atoms with Crippen molar-refractivity contribution in [3.8, 4) is 0 Å². The average molecular weight is 506 g/mol. The number of rotatable bonds is 11. The normalized spacial score (nSPS) is 11.0. The van der Waals surface area contributed by atoms with Crippen LogP contribution in [0.2, 0.25) is 0 Å². The van der Waals surface area contributed by atoms with Crippen LogP contribution in [0.5, 0.6) is 0 Å². The van der Waals surface area contributed by atoms with Gasteiger partial charge in [-0.1, -0.05) is 30.3 Å². The fourth-order valence-electron chi connectivity index (χ4n) is 4.19. The highest BCUT2D eigenvalue weighted by Crippen LogP contribution is 2.19. The maximum atomic E-state index is 13.6. The summed E-state index contributed by atoms with van der Waals surface area (Å²) in [5.74, 6) is -1.44. The number of carbonyl (C=O) groups is 2. The molecule has 1 N–H and O–H groups in total. The Labute approximate surface area is 214 Å². The molecule has 3 aromatic carbocycles. The topological polar surface area (TPSA) is 65.6 Å². The number of methoxy groups -OCH3 is 1. The first-order chi connectivity index (χ1) is 17.9. The molecule has 0 fully saturated rings. The van der Waals surface area contributed by atoms with Crippen molar-refractivity contribution in [1.82, 2.24) is 14.8 Å². The maximum Gasteiger partial charge on any atom is 0.254 e. The third-order valence-electron chi connectivity index (χ3n) is 6.24. The van der Waals surface area contributed by atoms with E-state index in [4.69, 9.17) is 4.74 Å². The van der Waals surface area contributed by atoms with E-state index in [0.717, 1.165) is 22.0 Å². The van der Waals surface area contributed by atoms with Crippen LogP contribution in [-0.4, -0.2) is 59.9 Å². The molecule has 1 heterocycles. The minimum absolute atomic E-state index is 0.172. The number of halogens is 2. The van der Waals surface area contributed by atoms with Crippen molar-refractivity contribution < 1.29 is 23.1 Å². The van der Waals surface area contributed by atoms with Crippen LogP contribution in [0.3, 0.4) is 0 Å². The Morgan fingerprint density at radius 3 is 2.24 bits per heavy atom. The molecule has 0 atom stereocenters. The molecule has 1 aromatic heterocycles. The lowest BCUT2D eigenvalue weighted by Gasteiger charge is -2.28. The van der Waals surface area contributed by atoms with Crippen molar-refractivity contribution in [1.29, 1.82) is 0 Å². The van der Waals surface area contributed by atoms with Crippen molar-refractivity contribution in [3.05, 3.63) is 107 Å². The third kappa shape index (κ3) is 6.80. The van der Waals surface area contributed by atoms with Crippen LogP contribution in [0.4, 0.5) is 8.78 Å². The van der Waals surface area contributed by atoms with Gasteiger partial charge < -0.3 is 19.5 Å².